The Morgan fingerprint density at radius 2 is 1.91 bits per heavy atom. The van der Waals surface area contributed by atoms with E-state index in [1.54, 1.807) is 0 Å². The highest BCUT2D eigenvalue weighted by atomic mass is 19.1. The van der Waals surface area contributed by atoms with Gasteiger partial charge >= 0.3 is 0 Å². The van der Waals surface area contributed by atoms with Gasteiger partial charge in [0.25, 0.3) is 0 Å². The monoisotopic (exact) mass is 302 g/mol. The van der Waals surface area contributed by atoms with Gasteiger partial charge in [-0.15, -0.1) is 0 Å². The van der Waals surface area contributed by atoms with Crippen LogP contribution in [0, 0.1) is 17.6 Å². The molecule has 0 unspecified atom stereocenters. The van der Waals surface area contributed by atoms with Gasteiger partial charge in [-0.25, -0.2) is 8.78 Å². The van der Waals surface area contributed by atoms with Gasteiger partial charge in [-0.2, -0.15) is 0 Å². The number of aromatic nitrogens is 1. The number of benzene rings is 1. The Morgan fingerprint density at radius 1 is 1.09 bits per heavy atom. The van der Waals surface area contributed by atoms with E-state index in [-0.39, 0.29) is 11.6 Å². The lowest BCUT2D eigenvalue weighted by atomic mass is 9.90. The third-order valence-electron chi connectivity index (χ3n) is 4.34. The first-order valence-electron chi connectivity index (χ1n) is 7.77. The first-order valence-corrected chi connectivity index (χ1v) is 7.77. The molecule has 0 aliphatic carbocycles. The van der Waals surface area contributed by atoms with Gasteiger partial charge in [0, 0.05) is 12.7 Å². The zero-order chi connectivity index (χ0) is 15.4. The van der Waals surface area contributed by atoms with E-state index in [0.29, 0.717) is 17.9 Å². The summed E-state index contributed by atoms with van der Waals surface area (Å²) in [6.45, 7) is 2.83. The molecule has 1 aromatic carbocycles. The Kier molecular flexibility index (Phi) is 4.78. The van der Waals surface area contributed by atoms with Crippen LogP contribution in [0.25, 0.3) is 0 Å². The van der Waals surface area contributed by atoms with Crippen LogP contribution in [0.3, 0.4) is 0 Å². The van der Waals surface area contributed by atoms with E-state index in [0.717, 1.165) is 38.2 Å². The van der Waals surface area contributed by atoms with E-state index < -0.39 is 0 Å². The molecule has 1 aromatic heterocycles. The van der Waals surface area contributed by atoms with Crippen molar-refractivity contribution in [1.82, 2.24) is 9.88 Å². The Morgan fingerprint density at radius 3 is 2.64 bits per heavy atom. The highest BCUT2D eigenvalue weighted by molar-refractivity contribution is 5.19. The lowest BCUT2D eigenvalue weighted by molar-refractivity contribution is 0.175. The molecule has 1 aliphatic heterocycles. The lowest BCUT2D eigenvalue weighted by Crippen LogP contribution is -2.34. The number of pyridine rings is 1. The molecule has 2 aromatic rings. The minimum absolute atomic E-state index is 0.294. The molecule has 116 valence electrons. The molecule has 0 saturated carbocycles. The quantitative estimate of drug-likeness (QED) is 0.853. The fourth-order valence-electron chi connectivity index (χ4n) is 3.08. The Hall–Kier alpha value is -1.81. The Bertz CT molecular complexity index is 608. The maximum atomic E-state index is 13.7. The van der Waals surface area contributed by atoms with Gasteiger partial charge < -0.3 is 0 Å². The number of hydrogen-bond donors (Lipinski definition) is 0. The van der Waals surface area contributed by atoms with Gasteiger partial charge in [0.2, 0.25) is 0 Å². The van der Waals surface area contributed by atoms with Crippen LogP contribution in [0.2, 0.25) is 0 Å². The molecule has 2 heterocycles. The van der Waals surface area contributed by atoms with Crippen LogP contribution in [-0.4, -0.2) is 23.0 Å². The van der Waals surface area contributed by atoms with Gasteiger partial charge in [0.15, 0.2) is 0 Å². The van der Waals surface area contributed by atoms with Crippen molar-refractivity contribution < 1.29 is 8.78 Å². The first kappa shape index (κ1) is 15.1. The second-order valence-electron chi connectivity index (χ2n) is 5.98. The van der Waals surface area contributed by atoms with E-state index >= 15 is 0 Å². The van der Waals surface area contributed by atoms with Crippen molar-refractivity contribution in [1.29, 1.82) is 0 Å². The topological polar surface area (TPSA) is 16.1 Å². The van der Waals surface area contributed by atoms with Gasteiger partial charge in [0.1, 0.15) is 11.6 Å². The smallest absolute Gasteiger partial charge is 0.126 e. The fraction of sp³-hybridized carbons (Fsp3) is 0.389. The number of nitrogens with zero attached hydrogens (tertiary/aromatic N) is 2. The van der Waals surface area contributed by atoms with E-state index in [9.17, 15) is 8.78 Å². The molecule has 0 spiro atoms. The van der Waals surface area contributed by atoms with Gasteiger partial charge in [-0.05, 0) is 74.2 Å². The van der Waals surface area contributed by atoms with E-state index in [4.69, 9.17) is 0 Å². The summed E-state index contributed by atoms with van der Waals surface area (Å²) in [5, 5.41) is 0. The third kappa shape index (κ3) is 3.89. The number of piperidine rings is 1. The van der Waals surface area contributed by atoms with Gasteiger partial charge in [0.05, 0.1) is 5.69 Å². The molecular weight excluding hydrogens is 282 g/mol. The standard InChI is InChI=1S/C18H20F2N2/c19-16-4-5-18(20)15(12-16)11-14-6-9-22(10-7-14)13-17-3-1-2-8-21-17/h1-5,8,12,14H,6-7,9-11,13H2. The van der Waals surface area contributed by atoms with Gasteiger partial charge in [-0.3, -0.25) is 9.88 Å². The summed E-state index contributed by atoms with van der Waals surface area (Å²) in [5.74, 6) is -0.224. The van der Waals surface area contributed by atoms with Crippen LogP contribution in [0.5, 0.6) is 0 Å². The number of likely N-dealkylation sites (tertiary alicyclic amines) is 1. The summed E-state index contributed by atoms with van der Waals surface area (Å²) in [6.07, 6.45) is 4.47. The Balaban J connectivity index is 1.52. The summed E-state index contributed by atoms with van der Waals surface area (Å²) in [7, 11) is 0. The average Bonchev–Trinajstić information content (AvgIpc) is 2.54. The van der Waals surface area contributed by atoms with E-state index in [2.05, 4.69) is 9.88 Å². The number of hydrogen-bond acceptors (Lipinski definition) is 2. The molecule has 3 rings (SSSR count). The molecule has 1 aliphatic rings. The van der Waals surface area contributed by atoms with Crippen molar-refractivity contribution in [3.05, 3.63) is 65.5 Å². The molecule has 22 heavy (non-hydrogen) atoms. The summed E-state index contributed by atoms with van der Waals surface area (Å²) >= 11 is 0. The van der Waals surface area contributed by atoms with Crippen molar-refractivity contribution in [2.24, 2.45) is 5.92 Å². The summed E-state index contributed by atoms with van der Waals surface area (Å²) in [5.41, 5.74) is 1.58. The average molecular weight is 302 g/mol. The second-order valence-corrected chi connectivity index (χ2v) is 5.98. The molecule has 2 nitrogen and oxygen atoms in total. The van der Waals surface area contributed by atoms with Crippen LogP contribution in [0.1, 0.15) is 24.1 Å². The maximum Gasteiger partial charge on any atom is 0.126 e. The van der Waals surface area contributed by atoms with Crippen molar-refractivity contribution in [2.75, 3.05) is 13.1 Å². The molecule has 0 atom stereocenters. The highest BCUT2D eigenvalue weighted by Gasteiger charge is 2.21. The molecule has 0 amide bonds. The molecule has 0 radical (unpaired) electrons. The Labute approximate surface area is 129 Å². The molecule has 0 bridgehead atoms. The summed E-state index contributed by atoms with van der Waals surface area (Å²) < 4.78 is 26.9. The van der Waals surface area contributed by atoms with E-state index in [1.807, 2.05) is 24.4 Å². The summed E-state index contributed by atoms with van der Waals surface area (Å²) in [6, 6.07) is 9.68. The molecular formula is C18H20F2N2. The lowest BCUT2D eigenvalue weighted by Gasteiger charge is -2.31. The second kappa shape index (κ2) is 6.97. The van der Waals surface area contributed by atoms with Crippen molar-refractivity contribution in [2.45, 2.75) is 25.8 Å². The third-order valence-corrected chi connectivity index (χ3v) is 4.34. The fourth-order valence-corrected chi connectivity index (χ4v) is 3.08. The minimum Gasteiger partial charge on any atom is -0.297 e. The van der Waals surface area contributed by atoms with Crippen LogP contribution in [-0.2, 0) is 13.0 Å². The SMILES string of the molecule is Fc1ccc(F)c(CC2CCN(Cc3ccccn3)CC2)c1. The van der Waals surface area contributed by atoms with Crippen LogP contribution >= 0.6 is 0 Å². The van der Waals surface area contributed by atoms with Crippen molar-refractivity contribution >= 4 is 0 Å². The highest BCUT2D eigenvalue weighted by Crippen LogP contribution is 2.24. The maximum absolute atomic E-state index is 13.7. The van der Waals surface area contributed by atoms with Crippen molar-refractivity contribution in [3.8, 4) is 0 Å². The van der Waals surface area contributed by atoms with Crippen LogP contribution < -0.4 is 0 Å². The molecule has 0 N–H and O–H groups in total. The molecule has 1 fully saturated rings. The number of rotatable bonds is 4. The summed E-state index contributed by atoms with van der Waals surface area (Å²) in [4.78, 5) is 6.72. The predicted octanol–water partition coefficient (Wildman–Crippen LogP) is 3.81. The van der Waals surface area contributed by atoms with Crippen LogP contribution in [0.4, 0.5) is 8.78 Å². The largest absolute Gasteiger partial charge is 0.297 e. The van der Waals surface area contributed by atoms with Gasteiger partial charge in [-0.1, -0.05) is 6.07 Å². The molecule has 4 heteroatoms. The number of halogens is 2. The molecule has 1 saturated heterocycles. The van der Waals surface area contributed by atoms with Crippen LogP contribution in [0.15, 0.2) is 42.6 Å². The minimum atomic E-state index is -0.357. The zero-order valence-electron chi connectivity index (χ0n) is 12.5. The van der Waals surface area contributed by atoms with Crippen molar-refractivity contribution in [3.63, 3.8) is 0 Å². The first-order chi connectivity index (χ1) is 10.7. The predicted molar refractivity (Wildman–Crippen MR) is 82.3 cm³/mol. The zero-order valence-corrected chi connectivity index (χ0v) is 12.5. The normalized spacial score (nSPS) is 16.8. The van der Waals surface area contributed by atoms with E-state index in [1.165, 1.54) is 18.2 Å².